The normalized spacial score (nSPS) is 11.0. The minimum atomic E-state index is -0.0908. The Hall–Kier alpha value is -3.19. The molecule has 3 aromatic rings. The topological polar surface area (TPSA) is 75.6 Å². The van der Waals surface area contributed by atoms with Crippen LogP contribution in [0, 0.1) is 5.92 Å². The molecule has 0 saturated carbocycles. The molecule has 0 fully saturated rings. The van der Waals surface area contributed by atoms with Gasteiger partial charge in [-0.05, 0) is 30.2 Å². The van der Waals surface area contributed by atoms with Crippen molar-refractivity contribution >= 4 is 34.3 Å². The first-order valence-corrected chi connectivity index (χ1v) is 10.2. The predicted octanol–water partition coefficient (Wildman–Crippen LogP) is 5.25. The van der Waals surface area contributed by atoms with Crippen LogP contribution in [0.4, 0.5) is 10.8 Å². The molecule has 1 aromatic heterocycles. The number of carbonyl (C=O) groups is 1. The van der Waals surface area contributed by atoms with Crippen molar-refractivity contribution in [1.29, 1.82) is 0 Å². The van der Waals surface area contributed by atoms with Gasteiger partial charge in [-0.15, -0.1) is 11.3 Å². The molecule has 0 radical (unpaired) electrons. The molecule has 2 aromatic carbocycles. The van der Waals surface area contributed by atoms with Crippen LogP contribution in [-0.2, 0) is 4.79 Å². The zero-order valence-corrected chi connectivity index (χ0v) is 17.5. The highest BCUT2D eigenvalue weighted by Gasteiger charge is 2.05. The number of carbonyl (C=O) groups excluding carboxylic acids is 1. The van der Waals surface area contributed by atoms with Gasteiger partial charge in [0.05, 0.1) is 18.5 Å². The number of para-hydroxylation sites is 1. The van der Waals surface area contributed by atoms with Crippen molar-refractivity contribution in [2.24, 2.45) is 11.0 Å². The van der Waals surface area contributed by atoms with Crippen molar-refractivity contribution in [2.75, 3.05) is 17.3 Å². The van der Waals surface area contributed by atoms with Crippen molar-refractivity contribution in [1.82, 2.24) is 4.98 Å². The van der Waals surface area contributed by atoms with E-state index in [1.54, 1.807) is 6.21 Å². The third kappa shape index (κ3) is 6.15. The lowest BCUT2D eigenvalue weighted by atomic mass is 10.1. The van der Waals surface area contributed by atoms with Crippen LogP contribution in [-0.4, -0.2) is 23.7 Å². The van der Waals surface area contributed by atoms with Gasteiger partial charge in [-0.1, -0.05) is 38.1 Å². The fourth-order valence-electron chi connectivity index (χ4n) is 2.52. The van der Waals surface area contributed by atoms with E-state index in [4.69, 9.17) is 4.74 Å². The fourth-order valence-corrected chi connectivity index (χ4v) is 3.19. The lowest BCUT2D eigenvalue weighted by Gasteiger charge is -2.10. The molecule has 0 aliphatic rings. The van der Waals surface area contributed by atoms with Gasteiger partial charge in [0, 0.05) is 29.1 Å². The van der Waals surface area contributed by atoms with Gasteiger partial charge in [0.2, 0.25) is 11.0 Å². The van der Waals surface area contributed by atoms with Crippen LogP contribution in [0.1, 0.15) is 26.3 Å². The Morgan fingerprint density at radius 2 is 1.97 bits per heavy atom. The maximum Gasteiger partial charge on any atom is 0.221 e. The fraction of sp³-hybridized carbons (Fsp3) is 0.227. The second-order valence-corrected chi connectivity index (χ2v) is 7.77. The van der Waals surface area contributed by atoms with Crippen molar-refractivity contribution in [3.05, 3.63) is 59.5 Å². The van der Waals surface area contributed by atoms with Gasteiger partial charge in [0.1, 0.15) is 5.75 Å². The number of thiazole rings is 1. The quantitative estimate of drug-likeness (QED) is 0.394. The summed E-state index contributed by atoms with van der Waals surface area (Å²) < 4.78 is 5.84. The van der Waals surface area contributed by atoms with E-state index in [9.17, 15) is 4.79 Å². The molecule has 6 nitrogen and oxygen atoms in total. The first-order chi connectivity index (χ1) is 14.0. The minimum Gasteiger partial charge on any atom is -0.493 e. The highest BCUT2D eigenvalue weighted by Crippen LogP contribution is 2.26. The third-order valence-electron chi connectivity index (χ3n) is 3.86. The molecule has 0 spiro atoms. The Balaban J connectivity index is 1.63. The Bertz CT molecular complexity index is 980. The molecule has 0 saturated heterocycles. The van der Waals surface area contributed by atoms with Gasteiger partial charge >= 0.3 is 0 Å². The van der Waals surface area contributed by atoms with E-state index in [-0.39, 0.29) is 5.91 Å². The highest BCUT2D eigenvalue weighted by molar-refractivity contribution is 7.14. The number of ether oxygens (including phenoxy) is 1. The van der Waals surface area contributed by atoms with Crippen molar-refractivity contribution in [3.63, 3.8) is 0 Å². The highest BCUT2D eigenvalue weighted by atomic mass is 32.1. The SMILES string of the molecule is CC(=O)Nc1ccc(-c2csc(N/N=C\c3ccccc3OCC(C)C)n2)cc1. The first-order valence-electron chi connectivity index (χ1n) is 9.35. The zero-order valence-electron chi connectivity index (χ0n) is 16.7. The molecular formula is C22H24N4O2S. The molecule has 0 aliphatic heterocycles. The van der Waals surface area contributed by atoms with Crippen LogP contribution in [0.25, 0.3) is 11.3 Å². The summed E-state index contributed by atoms with van der Waals surface area (Å²) in [4.78, 5) is 15.7. The number of anilines is 2. The first kappa shape index (κ1) is 20.5. The van der Waals surface area contributed by atoms with E-state index in [1.807, 2.05) is 53.9 Å². The van der Waals surface area contributed by atoms with E-state index in [1.165, 1.54) is 18.3 Å². The molecule has 2 N–H and O–H groups in total. The number of hydrazone groups is 1. The monoisotopic (exact) mass is 408 g/mol. The summed E-state index contributed by atoms with van der Waals surface area (Å²) in [7, 11) is 0. The number of hydrogen-bond donors (Lipinski definition) is 2. The lowest BCUT2D eigenvalue weighted by Crippen LogP contribution is -2.06. The number of benzene rings is 2. The molecule has 0 atom stereocenters. The summed E-state index contributed by atoms with van der Waals surface area (Å²) in [5.41, 5.74) is 6.47. The number of aromatic nitrogens is 1. The molecule has 150 valence electrons. The van der Waals surface area contributed by atoms with Gasteiger partial charge in [-0.25, -0.2) is 4.98 Å². The van der Waals surface area contributed by atoms with Crippen LogP contribution in [0.2, 0.25) is 0 Å². The minimum absolute atomic E-state index is 0.0908. The second-order valence-electron chi connectivity index (χ2n) is 6.91. The van der Waals surface area contributed by atoms with E-state index in [0.717, 1.165) is 28.3 Å². The average Bonchev–Trinajstić information content (AvgIpc) is 3.16. The Morgan fingerprint density at radius 3 is 2.69 bits per heavy atom. The van der Waals surface area contributed by atoms with E-state index < -0.39 is 0 Å². The molecule has 0 unspecified atom stereocenters. The predicted molar refractivity (Wildman–Crippen MR) is 120 cm³/mol. The van der Waals surface area contributed by atoms with E-state index in [2.05, 4.69) is 34.7 Å². The molecule has 1 heterocycles. The molecule has 29 heavy (non-hydrogen) atoms. The Morgan fingerprint density at radius 1 is 1.21 bits per heavy atom. The van der Waals surface area contributed by atoms with Crippen molar-refractivity contribution < 1.29 is 9.53 Å². The van der Waals surface area contributed by atoms with Crippen molar-refractivity contribution in [3.8, 4) is 17.0 Å². The van der Waals surface area contributed by atoms with E-state index in [0.29, 0.717) is 17.7 Å². The summed E-state index contributed by atoms with van der Waals surface area (Å²) in [6.45, 7) is 6.38. The van der Waals surface area contributed by atoms with Gasteiger partial charge in [-0.3, -0.25) is 10.2 Å². The van der Waals surface area contributed by atoms with Gasteiger partial charge in [0.25, 0.3) is 0 Å². The van der Waals surface area contributed by atoms with Crippen molar-refractivity contribution in [2.45, 2.75) is 20.8 Å². The van der Waals surface area contributed by atoms with E-state index >= 15 is 0 Å². The van der Waals surface area contributed by atoms with Gasteiger partial charge in [-0.2, -0.15) is 5.10 Å². The van der Waals surface area contributed by atoms with Crippen LogP contribution < -0.4 is 15.5 Å². The average molecular weight is 409 g/mol. The smallest absolute Gasteiger partial charge is 0.221 e. The molecule has 1 amide bonds. The second kappa shape index (κ2) is 9.84. The third-order valence-corrected chi connectivity index (χ3v) is 4.61. The Kier molecular flexibility index (Phi) is 6.97. The standard InChI is InChI=1S/C22H24N4O2S/c1-15(2)13-28-21-7-5-4-6-18(21)12-23-26-22-25-20(14-29-22)17-8-10-19(11-9-17)24-16(3)27/h4-12,14-15H,13H2,1-3H3,(H,24,27)(H,25,26)/b23-12-. The van der Waals surface area contributed by atoms with Gasteiger partial charge < -0.3 is 10.1 Å². The number of nitrogens with one attached hydrogen (secondary N) is 2. The number of hydrogen-bond acceptors (Lipinski definition) is 6. The summed E-state index contributed by atoms with van der Waals surface area (Å²) in [6.07, 6.45) is 1.74. The number of rotatable bonds is 8. The maximum absolute atomic E-state index is 11.1. The molecule has 0 bridgehead atoms. The largest absolute Gasteiger partial charge is 0.493 e. The molecular weight excluding hydrogens is 384 g/mol. The maximum atomic E-state index is 11.1. The van der Waals surface area contributed by atoms with Crippen LogP contribution in [0.3, 0.4) is 0 Å². The molecule has 7 heteroatoms. The lowest BCUT2D eigenvalue weighted by molar-refractivity contribution is -0.114. The zero-order chi connectivity index (χ0) is 20.6. The van der Waals surface area contributed by atoms with Crippen LogP contribution in [0.15, 0.2) is 59.0 Å². The number of amides is 1. The Labute approximate surface area is 174 Å². The van der Waals surface area contributed by atoms with Crippen LogP contribution >= 0.6 is 11.3 Å². The summed E-state index contributed by atoms with van der Waals surface area (Å²) >= 11 is 1.48. The van der Waals surface area contributed by atoms with Crippen LogP contribution in [0.5, 0.6) is 5.75 Å². The summed E-state index contributed by atoms with van der Waals surface area (Å²) in [5, 5.41) is 9.71. The summed E-state index contributed by atoms with van der Waals surface area (Å²) in [5.74, 6) is 1.18. The van der Waals surface area contributed by atoms with Gasteiger partial charge in [0.15, 0.2) is 0 Å². The molecule has 3 rings (SSSR count). The number of nitrogens with zero attached hydrogens (tertiary/aromatic N) is 2. The summed E-state index contributed by atoms with van der Waals surface area (Å²) in [6, 6.07) is 15.4. The molecule has 0 aliphatic carbocycles.